The molecular formula is C24H38O3. The number of aliphatic hydroxyl groups excluding tert-OH is 1. The lowest BCUT2D eigenvalue weighted by Gasteiger charge is -2.33. The zero-order valence-corrected chi connectivity index (χ0v) is 17.7. The molecule has 1 aliphatic rings. The molecule has 27 heavy (non-hydrogen) atoms. The fourth-order valence-corrected chi connectivity index (χ4v) is 4.40. The number of rotatable bonds is 10. The summed E-state index contributed by atoms with van der Waals surface area (Å²) >= 11 is 0. The van der Waals surface area contributed by atoms with Gasteiger partial charge in [-0.15, -0.1) is 0 Å². The molecule has 0 aliphatic heterocycles. The van der Waals surface area contributed by atoms with Crippen LogP contribution in [0.3, 0.4) is 0 Å². The summed E-state index contributed by atoms with van der Waals surface area (Å²) in [5, 5.41) is 10.9. The first-order chi connectivity index (χ1) is 12.9. The molecule has 1 aromatic rings. The second-order valence-electron chi connectivity index (χ2n) is 8.84. The normalized spacial score (nSPS) is 22.0. The highest BCUT2D eigenvalue weighted by molar-refractivity contribution is 5.86. The number of aliphatic hydroxyl groups is 1. The van der Waals surface area contributed by atoms with Crippen LogP contribution in [-0.4, -0.2) is 24.1 Å². The number of benzene rings is 1. The molecule has 1 N–H and O–H groups in total. The van der Waals surface area contributed by atoms with Crippen LogP contribution in [0, 0.1) is 11.3 Å². The fourth-order valence-electron chi connectivity index (χ4n) is 4.40. The van der Waals surface area contributed by atoms with Gasteiger partial charge in [-0.1, -0.05) is 64.8 Å². The van der Waals surface area contributed by atoms with E-state index >= 15 is 0 Å². The second-order valence-corrected chi connectivity index (χ2v) is 8.84. The molecule has 0 heterocycles. The van der Waals surface area contributed by atoms with Crippen LogP contribution in [0.4, 0.5) is 0 Å². The first-order valence-corrected chi connectivity index (χ1v) is 10.8. The fraction of sp³-hybridized carbons (Fsp3) is 0.708. The van der Waals surface area contributed by atoms with Gasteiger partial charge in [0.15, 0.2) is 0 Å². The van der Waals surface area contributed by atoms with E-state index in [9.17, 15) is 9.90 Å². The zero-order chi connectivity index (χ0) is 19.9. The molecule has 3 atom stereocenters. The lowest BCUT2D eigenvalue weighted by molar-refractivity contribution is -0.124. The minimum atomic E-state index is -0.518. The van der Waals surface area contributed by atoms with Crippen molar-refractivity contribution in [3.05, 3.63) is 35.4 Å². The molecule has 1 saturated carbocycles. The standard InChI is InChI=1S/C24H38O3/c1-5-7-15-27-17-20-12-9-13-21(25)22(20)18-10-8-11-19(16-18)23(26)24(3,4)14-6-2/h8,10-11,16,20,22-23,26H,5-7,9,12-15,17H2,1-4H3. The summed E-state index contributed by atoms with van der Waals surface area (Å²) in [6, 6.07) is 8.10. The summed E-state index contributed by atoms with van der Waals surface area (Å²) in [7, 11) is 0. The van der Waals surface area contributed by atoms with E-state index in [1.807, 2.05) is 12.1 Å². The van der Waals surface area contributed by atoms with Crippen molar-refractivity contribution in [2.45, 2.75) is 84.7 Å². The Morgan fingerprint density at radius 1 is 1.26 bits per heavy atom. The number of hydrogen-bond acceptors (Lipinski definition) is 3. The maximum Gasteiger partial charge on any atom is 0.140 e. The summed E-state index contributed by atoms with van der Waals surface area (Å²) in [5.74, 6) is 0.478. The maximum absolute atomic E-state index is 12.8. The van der Waals surface area contributed by atoms with Gasteiger partial charge >= 0.3 is 0 Å². The number of Topliss-reactive ketones (excluding diaryl/α,β-unsaturated/α-hetero) is 1. The highest BCUT2D eigenvalue weighted by Gasteiger charge is 2.34. The quantitative estimate of drug-likeness (QED) is 0.525. The molecular weight excluding hydrogens is 336 g/mol. The molecule has 3 nitrogen and oxygen atoms in total. The summed E-state index contributed by atoms with van der Waals surface area (Å²) in [5.41, 5.74) is 1.80. The first-order valence-electron chi connectivity index (χ1n) is 10.8. The Hall–Kier alpha value is -1.19. The van der Waals surface area contributed by atoms with Crippen molar-refractivity contribution in [3.63, 3.8) is 0 Å². The van der Waals surface area contributed by atoms with Crippen molar-refractivity contribution in [3.8, 4) is 0 Å². The Balaban J connectivity index is 2.19. The monoisotopic (exact) mass is 374 g/mol. The van der Waals surface area contributed by atoms with Gasteiger partial charge in [-0.05, 0) is 48.1 Å². The average Bonchev–Trinajstić information content (AvgIpc) is 2.65. The number of ketones is 1. The molecule has 0 spiro atoms. The van der Waals surface area contributed by atoms with Crippen molar-refractivity contribution in [2.24, 2.45) is 11.3 Å². The number of carbonyl (C=O) groups is 1. The van der Waals surface area contributed by atoms with Gasteiger partial charge in [-0.2, -0.15) is 0 Å². The predicted molar refractivity (Wildman–Crippen MR) is 111 cm³/mol. The molecule has 1 fully saturated rings. The molecule has 0 saturated heterocycles. The van der Waals surface area contributed by atoms with Gasteiger partial charge in [-0.25, -0.2) is 0 Å². The van der Waals surface area contributed by atoms with Crippen molar-refractivity contribution >= 4 is 5.78 Å². The summed E-state index contributed by atoms with van der Waals surface area (Å²) < 4.78 is 5.88. The highest BCUT2D eigenvalue weighted by atomic mass is 16.5. The van der Waals surface area contributed by atoms with Crippen LogP contribution in [0.25, 0.3) is 0 Å². The SMILES string of the molecule is CCCCOCC1CCCC(=O)C1c1cccc(C(O)C(C)(C)CCC)c1. The lowest BCUT2D eigenvalue weighted by atomic mass is 9.73. The number of unbranched alkanes of at least 4 members (excludes halogenated alkanes) is 1. The Bertz CT molecular complexity index is 593. The highest BCUT2D eigenvalue weighted by Crippen LogP contribution is 2.40. The number of carbonyl (C=O) groups excluding carboxylic acids is 1. The molecule has 1 aromatic carbocycles. The van der Waals surface area contributed by atoms with E-state index in [1.54, 1.807) is 0 Å². The van der Waals surface area contributed by atoms with Crippen LogP contribution >= 0.6 is 0 Å². The third-order valence-corrected chi connectivity index (χ3v) is 6.01. The van der Waals surface area contributed by atoms with Gasteiger partial charge in [0.2, 0.25) is 0 Å². The summed E-state index contributed by atoms with van der Waals surface area (Å²) in [6.45, 7) is 9.97. The predicted octanol–water partition coefficient (Wildman–Crippen LogP) is 5.82. The van der Waals surface area contributed by atoms with E-state index < -0.39 is 6.10 Å². The molecule has 2 rings (SSSR count). The third-order valence-electron chi connectivity index (χ3n) is 6.01. The molecule has 3 heteroatoms. The molecule has 3 unspecified atom stereocenters. The van der Waals surface area contributed by atoms with Gasteiger partial charge in [0.05, 0.1) is 12.7 Å². The third kappa shape index (κ3) is 5.89. The molecule has 152 valence electrons. The average molecular weight is 375 g/mol. The zero-order valence-electron chi connectivity index (χ0n) is 17.7. The van der Waals surface area contributed by atoms with Crippen molar-refractivity contribution < 1.29 is 14.6 Å². The second kappa shape index (κ2) is 10.4. The van der Waals surface area contributed by atoms with Gasteiger partial charge in [-0.3, -0.25) is 4.79 Å². The Kier molecular flexibility index (Phi) is 8.50. The summed E-state index contributed by atoms with van der Waals surface area (Å²) in [6.07, 6.45) is 6.34. The number of ether oxygens (including phenoxy) is 1. The van der Waals surface area contributed by atoms with Crippen molar-refractivity contribution in [1.29, 1.82) is 0 Å². The van der Waals surface area contributed by atoms with Crippen LogP contribution < -0.4 is 0 Å². The van der Waals surface area contributed by atoms with Crippen LogP contribution in [0.15, 0.2) is 24.3 Å². The Morgan fingerprint density at radius 3 is 2.74 bits per heavy atom. The minimum Gasteiger partial charge on any atom is -0.388 e. The van der Waals surface area contributed by atoms with Gasteiger partial charge < -0.3 is 9.84 Å². The van der Waals surface area contributed by atoms with Gasteiger partial charge in [0, 0.05) is 18.9 Å². The van der Waals surface area contributed by atoms with Crippen LogP contribution in [0.2, 0.25) is 0 Å². The van der Waals surface area contributed by atoms with Gasteiger partial charge in [0.25, 0.3) is 0 Å². The first kappa shape index (κ1) is 22.1. The smallest absolute Gasteiger partial charge is 0.140 e. The van der Waals surface area contributed by atoms with Crippen molar-refractivity contribution in [1.82, 2.24) is 0 Å². The molecule has 1 aliphatic carbocycles. The minimum absolute atomic E-state index is 0.0955. The molecule has 0 radical (unpaired) electrons. The lowest BCUT2D eigenvalue weighted by Crippen LogP contribution is -2.30. The maximum atomic E-state index is 12.8. The Morgan fingerprint density at radius 2 is 2.04 bits per heavy atom. The largest absolute Gasteiger partial charge is 0.388 e. The molecule has 0 bridgehead atoms. The van der Waals surface area contributed by atoms with E-state index in [0.29, 0.717) is 18.8 Å². The molecule has 0 aromatic heterocycles. The number of hydrogen-bond donors (Lipinski definition) is 1. The van der Waals surface area contributed by atoms with Crippen LogP contribution in [0.5, 0.6) is 0 Å². The van der Waals surface area contributed by atoms with E-state index in [1.165, 1.54) is 0 Å². The van der Waals surface area contributed by atoms with Crippen LogP contribution in [-0.2, 0) is 9.53 Å². The van der Waals surface area contributed by atoms with Crippen molar-refractivity contribution in [2.75, 3.05) is 13.2 Å². The topological polar surface area (TPSA) is 46.5 Å². The Labute approximate surface area is 165 Å². The van der Waals surface area contributed by atoms with E-state index in [4.69, 9.17) is 4.74 Å². The molecule has 0 amide bonds. The van der Waals surface area contributed by atoms with Gasteiger partial charge in [0.1, 0.15) is 5.78 Å². The van der Waals surface area contributed by atoms with E-state index in [-0.39, 0.29) is 17.3 Å². The van der Waals surface area contributed by atoms with E-state index in [2.05, 4.69) is 39.8 Å². The van der Waals surface area contributed by atoms with E-state index in [0.717, 1.165) is 56.3 Å². The van der Waals surface area contributed by atoms with Crippen LogP contribution in [0.1, 0.15) is 95.8 Å². The summed E-state index contributed by atoms with van der Waals surface area (Å²) in [4.78, 5) is 12.8.